The Morgan fingerprint density at radius 2 is 1.95 bits per heavy atom. The number of hydrogen-bond acceptors (Lipinski definition) is 2. The number of rotatable bonds is 3. The molecule has 21 heavy (non-hydrogen) atoms. The maximum Gasteiger partial charge on any atom is 0.254 e. The van der Waals surface area contributed by atoms with E-state index < -0.39 is 5.82 Å². The van der Waals surface area contributed by atoms with Crippen molar-refractivity contribution in [2.75, 3.05) is 7.05 Å². The summed E-state index contributed by atoms with van der Waals surface area (Å²) in [4.78, 5) is 18.2. The van der Waals surface area contributed by atoms with Crippen molar-refractivity contribution in [3.05, 3.63) is 63.7 Å². The number of pyridine rings is 1. The molecule has 2 rings (SSSR count). The van der Waals surface area contributed by atoms with Crippen molar-refractivity contribution in [1.29, 1.82) is 0 Å². The number of aryl methyl sites for hydroxylation is 2. The maximum atomic E-state index is 13.3. The molecule has 5 heteroatoms. The standard InChI is InChI=1S/C16H16ClFN2O/c1-10-4-11(2)19-15(5-10)9-20(3)16(21)12-6-13(17)8-14(18)7-12/h4-8H,9H2,1-3H3. The Labute approximate surface area is 128 Å². The van der Waals surface area contributed by atoms with E-state index in [0.29, 0.717) is 6.54 Å². The zero-order valence-electron chi connectivity index (χ0n) is 12.2. The number of amides is 1. The summed E-state index contributed by atoms with van der Waals surface area (Å²) in [6.07, 6.45) is 0. The molecule has 0 aliphatic heterocycles. The molecule has 0 aliphatic rings. The topological polar surface area (TPSA) is 33.2 Å². The van der Waals surface area contributed by atoms with Gasteiger partial charge in [0.2, 0.25) is 0 Å². The quantitative estimate of drug-likeness (QED) is 0.865. The minimum absolute atomic E-state index is 0.205. The highest BCUT2D eigenvalue weighted by Crippen LogP contribution is 2.16. The largest absolute Gasteiger partial charge is 0.336 e. The van der Waals surface area contributed by atoms with E-state index in [-0.39, 0.29) is 16.5 Å². The van der Waals surface area contributed by atoms with E-state index in [4.69, 9.17) is 11.6 Å². The van der Waals surface area contributed by atoms with Crippen LogP contribution in [-0.4, -0.2) is 22.8 Å². The molecule has 0 atom stereocenters. The molecule has 0 spiro atoms. The van der Waals surface area contributed by atoms with Gasteiger partial charge in [0.1, 0.15) is 5.82 Å². The van der Waals surface area contributed by atoms with Crippen LogP contribution < -0.4 is 0 Å². The second-order valence-corrected chi connectivity index (χ2v) is 5.53. The highest BCUT2D eigenvalue weighted by atomic mass is 35.5. The molecule has 2 aromatic rings. The zero-order valence-corrected chi connectivity index (χ0v) is 12.9. The third-order valence-corrected chi connectivity index (χ3v) is 3.22. The number of hydrogen-bond donors (Lipinski definition) is 0. The van der Waals surface area contributed by atoms with Crippen molar-refractivity contribution in [3.63, 3.8) is 0 Å². The van der Waals surface area contributed by atoms with Crippen LogP contribution in [0.4, 0.5) is 4.39 Å². The predicted octanol–water partition coefficient (Wildman–Crippen LogP) is 3.76. The molecular formula is C16H16ClFN2O. The third kappa shape index (κ3) is 4.02. The highest BCUT2D eigenvalue weighted by molar-refractivity contribution is 6.31. The van der Waals surface area contributed by atoms with E-state index >= 15 is 0 Å². The third-order valence-electron chi connectivity index (χ3n) is 3.01. The van der Waals surface area contributed by atoms with Gasteiger partial charge >= 0.3 is 0 Å². The Kier molecular flexibility index (Phi) is 4.58. The van der Waals surface area contributed by atoms with Crippen LogP contribution in [-0.2, 0) is 6.54 Å². The molecule has 0 aliphatic carbocycles. The molecule has 0 saturated heterocycles. The van der Waals surface area contributed by atoms with E-state index in [0.717, 1.165) is 17.0 Å². The lowest BCUT2D eigenvalue weighted by Gasteiger charge is -2.17. The molecule has 3 nitrogen and oxygen atoms in total. The van der Waals surface area contributed by atoms with Gasteiger partial charge in [-0.3, -0.25) is 9.78 Å². The van der Waals surface area contributed by atoms with Crippen molar-refractivity contribution in [2.24, 2.45) is 0 Å². The average Bonchev–Trinajstić information content (AvgIpc) is 2.35. The van der Waals surface area contributed by atoms with Gasteiger partial charge < -0.3 is 4.90 Å². The lowest BCUT2D eigenvalue weighted by atomic mass is 10.1. The summed E-state index contributed by atoms with van der Waals surface area (Å²) >= 11 is 5.78. The Morgan fingerprint density at radius 1 is 1.24 bits per heavy atom. The second-order valence-electron chi connectivity index (χ2n) is 5.10. The summed E-state index contributed by atoms with van der Waals surface area (Å²) < 4.78 is 13.3. The molecular weight excluding hydrogens is 291 g/mol. The van der Waals surface area contributed by atoms with Crippen molar-refractivity contribution in [2.45, 2.75) is 20.4 Å². The summed E-state index contributed by atoms with van der Waals surface area (Å²) in [6.45, 7) is 4.24. The fraction of sp³-hybridized carbons (Fsp3) is 0.250. The van der Waals surface area contributed by atoms with Gasteiger partial charge in [-0.1, -0.05) is 11.6 Å². The van der Waals surface area contributed by atoms with Gasteiger partial charge in [0.05, 0.1) is 12.2 Å². The Balaban J connectivity index is 2.19. The van der Waals surface area contributed by atoms with Crippen molar-refractivity contribution < 1.29 is 9.18 Å². The molecule has 1 amide bonds. The minimum atomic E-state index is -0.524. The number of nitrogens with zero attached hydrogens (tertiary/aromatic N) is 2. The number of carbonyl (C=O) groups excluding carboxylic acids is 1. The monoisotopic (exact) mass is 306 g/mol. The first-order chi connectivity index (χ1) is 9.85. The van der Waals surface area contributed by atoms with Crippen LogP contribution >= 0.6 is 11.6 Å². The normalized spacial score (nSPS) is 10.5. The van der Waals surface area contributed by atoms with E-state index in [1.54, 1.807) is 7.05 Å². The van der Waals surface area contributed by atoms with E-state index in [2.05, 4.69) is 4.98 Å². The number of carbonyl (C=O) groups is 1. The summed E-state index contributed by atoms with van der Waals surface area (Å²) in [5, 5.41) is 0.205. The number of aromatic nitrogens is 1. The lowest BCUT2D eigenvalue weighted by Crippen LogP contribution is -2.26. The molecule has 0 fully saturated rings. The van der Waals surface area contributed by atoms with Gasteiger partial charge in [0.25, 0.3) is 5.91 Å². The fourth-order valence-electron chi connectivity index (χ4n) is 2.22. The molecule has 0 unspecified atom stereocenters. The van der Waals surface area contributed by atoms with Crippen LogP contribution in [0.25, 0.3) is 0 Å². The lowest BCUT2D eigenvalue weighted by molar-refractivity contribution is 0.0783. The maximum absolute atomic E-state index is 13.3. The second kappa shape index (κ2) is 6.22. The Bertz CT molecular complexity index is 647. The summed E-state index contributed by atoms with van der Waals surface area (Å²) in [6, 6.07) is 7.70. The first-order valence-corrected chi connectivity index (χ1v) is 6.88. The van der Waals surface area contributed by atoms with Crippen molar-refractivity contribution in [1.82, 2.24) is 9.88 Å². The molecule has 0 N–H and O–H groups in total. The van der Waals surface area contributed by atoms with Crippen LogP contribution in [0.5, 0.6) is 0 Å². The molecule has 0 radical (unpaired) electrons. The van der Waals surface area contributed by atoms with Gasteiger partial charge in [0.15, 0.2) is 0 Å². The predicted molar refractivity (Wildman–Crippen MR) is 80.9 cm³/mol. The molecule has 0 saturated carbocycles. The van der Waals surface area contributed by atoms with Gasteiger partial charge in [-0.15, -0.1) is 0 Å². The van der Waals surface area contributed by atoms with E-state index in [1.807, 2.05) is 26.0 Å². The van der Waals surface area contributed by atoms with E-state index in [9.17, 15) is 9.18 Å². The molecule has 110 valence electrons. The number of halogens is 2. The molecule has 0 bridgehead atoms. The fourth-order valence-corrected chi connectivity index (χ4v) is 2.44. The summed E-state index contributed by atoms with van der Waals surface area (Å²) in [5.41, 5.74) is 3.02. The number of benzene rings is 1. The molecule has 1 aromatic carbocycles. The smallest absolute Gasteiger partial charge is 0.254 e. The Hall–Kier alpha value is -1.94. The Morgan fingerprint density at radius 3 is 2.57 bits per heavy atom. The SMILES string of the molecule is Cc1cc(C)nc(CN(C)C(=O)c2cc(F)cc(Cl)c2)c1. The molecule has 1 heterocycles. The van der Waals surface area contributed by atoms with Gasteiger partial charge in [0, 0.05) is 23.3 Å². The first-order valence-electron chi connectivity index (χ1n) is 6.51. The van der Waals surface area contributed by atoms with Crippen LogP contribution in [0.2, 0.25) is 5.02 Å². The highest BCUT2D eigenvalue weighted by Gasteiger charge is 2.14. The average molecular weight is 307 g/mol. The van der Waals surface area contributed by atoms with Crippen LogP contribution in [0, 0.1) is 19.7 Å². The van der Waals surface area contributed by atoms with Gasteiger partial charge in [-0.05, 0) is 49.7 Å². The molecule has 1 aromatic heterocycles. The van der Waals surface area contributed by atoms with Crippen LogP contribution in [0.3, 0.4) is 0 Å². The minimum Gasteiger partial charge on any atom is -0.336 e. The van der Waals surface area contributed by atoms with Gasteiger partial charge in [-0.25, -0.2) is 4.39 Å². The van der Waals surface area contributed by atoms with E-state index in [1.165, 1.54) is 23.1 Å². The summed E-state index contributed by atoms with van der Waals surface area (Å²) in [5.74, 6) is -0.818. The van der Waals surface area contributed by atoms with Crippen LogP contribution in [0.1, 0.15) is 27.3 Å². The van der Waals surface area contributed by atoms with Gasteiger partial charge in [-0.2, -0.15) is 0 Å². The van der Waals surface area contributed by atoms with Crippen molar-refractivity contribution >= 4 is 17.5 Å². The summed E-state index contributed by atoms with van der Waals surface area (Å²) in [7, 11) is 1.65. The van der Waals surface area contributed by atoms with Crippen molar-refractivity contribution in [3.8, 4) is 0 Å². The zero-order chi connectivity index (χ0) is 15.6. The first kappa shape index (κ1) is 15.4. The van der Waals surface area contributed by atoms with Crippen LogP contribution in [0.15, 0.2) is 30.3 Å².